The molecule has 0 aromatic rings. The molecule has 1 aliphatic heterocycles. The van der Waals surface area contributed by atoms with Crippen molar-refractivity contribution in [2.24, 2.45) is 11.8 Å². The van der Waals surface area contributed by atoms with Gasteiger partial charge >= 0.3 is 5.97 Å². The van der Waals surface area contributed by atoms with Crippen molar-refractivity contribution in [3.63, 3.8) is 0 Å². The molecule has 0 unspecified atom stereocenters. The first-order chi connectivity index (χ1) is 6.66. The predicted molar refractivity (Wildman–Crippen MR) is 51.5 cm³/mol. The van der Waals surface area contributed by atoms with E-state index < -0.39 is 6.10 Å². The number of cyclic esters (lactones) is 1. The third kappa shape index (κ3) is 2.15. The van der Waals surface area contributed by atoms with Gasteiger partial charge in [-0.2, -0.15) is 0 Å². The summed E-state index contributed by atoms with van der Waals surface area (Å²) in [7, 11) is 0. The lowest BCUT2D eigenvalue weighted by Crippen LogP contribution is -2.19. The van der Waals surface area contributed by atoms with Crippen molar-refractivity contribution in [1.82, 2.24) is 0 Å². The van der Waals surface area contributed by atoms with Crippen LogP contribution in [0.3, 0.4) is 0 Å². The fourth-order valence-corrected chi connectivity index (χ4v) is 1.98. The van der Waals surface area contributed by atoms with E-state index in [4.69, 9.17) is 4.74 Å². The SMILES string of the molecule is C[C@H]1OC(=O)CC[C@@H](O)/C=C/[C@H]2C[C@H]21. The zero-order chi connectivity index (χ0) is 10.1. The molecule has 0 aromatic heterocycles. The van der Waals surface area contributed by atoms with Crippen LogP contribution in [0.2, 0.25) is 0 Å². The third-order valence-corrected chi connectivity index (χ3v) is 3.04. The van der Waals surface area contributed by atoms with Crippen molar-refractivity contribution >= 4 is 5.97 Å². The number of carbonyl (C=O) groups excluding carboxylic acids is 1. The highest BCUT2D eigenvalue weighted by Crippen LogP contribution is 2.43. The lowest BCUT2D eigenvalue weighted by molar-refractivity contribution is -0.149. The summed E-state index contributed by atoms with van der Waals surface area (Å²) < 4.78 is 5.25. The Morgan fingerprint density at radius 3 is 3.07 bits per heavy atom. The maximum absolute atomic E-state index is 11.3. The first-order valence-electron chi connectivity index (χ1n) is 5.22. The number of rotatable bonds is 0. The van der Waals surface area contributed by atoms with E-state index in [-0.39, 0.29) is 12.1 Å². The second-order valence-corrected chi connectivity index (χ2v) is 4.25. The summed E-state index contributed by atoms with van der Waals surface area (Å²) >= 11 is 0. The Morgan fingerprint density at radius 2 is 2.29 bits per heavy atom. The highest BCUT2D eigenvalue weighted by molar-refractivity contribution is 5.69. The van der Waals surface area contributed by atoms with Crippen molar-refractivity contribution in [3.05, 3.63) is 12.2 Å². The van der Waals surface area contributed by atoms with Gasteiger partial charge in [0.05, 0.1) is 6.10 Å². The highest BCUT2D eigenvalue weighted by Gasteiger charge is 2.41. The van der Waals surface area contributed by atoms with E-state index in [0.717, 1.165) is 6.42 Å². The van der Waals surface area contributed by atoms with Crippen LogP contribution in [0.15, 0.2) is 12.2 Å². The maximum atomic E-state index is 11.3. The summed E-state index contributed by atoms with van der Waals surface area (Å²) in [5.41, 5.74) is 0. The van der Waals surface area contributed by atoms with Gasteiger partial charge in [0.1, 0.15) is 6.10 Å². The quantitative estimate of drug-likeness (QED) is 0.468. The molecule has 0 bridgehead atoms. The first-order valence-corrected chi connectivity index (χ1v) is 5.22. The number of aliphatic hydroxyl groups is 1. The number of allylic oxidation sites excluding steroid dienone is 1. The van der Waals surface area contributed by atoms with Crippen LogP contribution >= 0.6 is 0 Å². The molecule has 3 heteroatoms. The average Bonchev–Trinajstić information content (AvgIpc) is 2.89. The maximum Gasteiger partial charge on any atom is 0.306 e. The van der Waals surface area contributed by atoms with Gasteiger partial charge in [0.2, 0.25) is 0 Å². The van der Waals surface area contributed by atoms with E-state index >= 15 is 0 Å². The smallest absolute Gasteiger partial charge is 0.306 e. The van der Waals surface area contributed by atoms with E-state index in [2.05, 4.69) is 6.08 Å². The van der Waals surface area contributed by atoms with Gasteiger partial charge in [0.15, 0.2) is 0 Å². The molecule has 1 aliphatic carbocycles. The molecule has 0 radical (unpaired) electrons. The molecule has 1 fully saturated rings. The molecular formula is C11H16O3. The molecule has 2 aliphatic rings. The molecule has 1 heterocycles. The van der Waals surface area contributed by atoms with Gasteiger partial charge < -0.3 is 9.84 Å². The topological polar surface area (TPSA) is 46.5 Å². The van der Waals surface area contributed by atoms with Gasteiger partial charge in [-0.1, -0.05) is 12.2 Å². The Balaban J connectivity index is 2.03. The summed E-state index contributed by atoms with van der Waals surface area (Å²) in [5.74, 6) is 0.795. The molecule has 3 nitrogen and oxygen atoms in total. The van der Waals surface area contributed by atoms with Crippen molar-refractivity contribution < 1.29 is 14.6 Å². The van der Waals surface area contributed by atoms with Crippen LogP contribution in [0.5, 0.6) is 0 Å². The molecule has 0 spiro atoms. The van der Waals surface area contributed by atoms with E-state index in [1.165, 1.54) is 0 Å². The molecule has 0 saturated heterocycles. The highest BCUT2D eigenvalue weighted by atomic mass is 16.5. The molecule has 1 N–H and O–H groups in total. The second kappa shape index (κ2) is 3.73. The van der Waals surface area contributed by atoms with Gasteiger partial charge in [-0.3, -0.25) is 4.79 Å². The number of carbonyl (C=O) groups is 1. The summed E-state index contributed by atoms with van der Waals surface area (Å²) in [5, 5.41) is 9.46. The Bertz CT molecular complexity index is 259. The minimum atomic E-state index is -0.489. The molecule has 14 heavy (non-hydrogen) atoms. The molecule has 2 rings (SSSR count). The zero-order valence-electron chi connectivity index (χ0n) is 8.35. The largest absolute Gasteiger partial charge is 0.462 e. The number of fused-ring (bicyclic) bond motifs is 1. The van der Waals surface area contributed by atoms with E-state index in [1.807, 2.05) is 13.0 Å². The fraction of sp³-hybridized carbons (Fsp3) is 0.727. The van der Waals surface area contributed by atoms with Crippen molar-refractivity contribution in [1.29, 1.82) is 0 Å². The molecule has 0 aromatic carbocycles. The lowest BCUT2D eigenvalue weighted by atomic mass is 10.1. The fourth-order valence-electron chi connectivity index (χ4n) is 1.98. The van der Waals surface area contributed by atoms with E-state index in [1.54, 1.807) is 0 Å². The number of esters is 1. The van der Waals surface area contributed by atoms with Crippen LogP contribution in [0.25, 0.3) is 0 Å². The van der Waals surface area contributed by atoms with E-state index in [0.29, 0.717) is 24.7 Å². The van der Waals surface area contributed by atoms with Gasteiger partial charge in [-0.05, 0) is 25.7 Å². The summed E-state index contributed by atoms with van der Waals surface area (Å²) in [4.78, 5) is 11.3. The van der Waals surface area contributed by atoms with Crippen molar-refractivity contribution in [2.45, 2.75) is 38.4 Å². The molecule has 1 saturated carbocycles. The van der Waals surface area contributed by atoms with Crippen LogP contribution in [0.4, 0.5) is 0 Å². The monoisotopic (exact) mass is 196 g/mol. The van der Waals surface area contributed by atoms with Gasteiger partial charge in [-0.15, -0.1) is 0 Å². The van der Waals surface area contributed by atoms with Gasteiger partial charge in [0.25, 0.3) is 0 Å². The van der Waals surface area contributed by atoms with Crippen LogP contribution in [0, 0.1) is 11.8 Å². The zero-order valence-corrected chi connectivity index (χ0v) is 8.35. The van der Waals surface area contributed by atoms with E-state index in [9.17, 15) is 9.90 Å². The first kappa shape index (κ1) is 9.71. The summed E-state index contributed by atoms with van der Waals surface area (Å²) in [6.45, 7) is 1.95. The minimum Gasteiger partial charge on any atom is -0.462 e. The molecule has 78 valence electrons. The number of hydrogen-bond donors (Lipinski definition) is 1. The van der Waals surface area contributed by atoms with Crippen LogP contribution in [0.1, 0.15) is 26.2 Å². The summed E-state index contributed by atoms with van der Waals surface area (Å²) in [6, 6.07) is 0. The Labute approximate surface area is 83.8 Å². The summed E-state index contributed by atoms with van der Waals surface area (Å²) in [6.07, 6.45) is 5.29. The predicted octanol–water partition coefficient (Wildman–Crippen LogP) is 1.27. The second-order valence-electron chi connectivity index (χ2n) is 4.25. The van der Waals surface area contributed by atoms with Gasteiger partial charge in [0, 0.05) is 12.3 Å². The number of hydrogen-bond acceptors (Lipinski definition) is 3. The molecule has 4 atom stereocenters. The van der Waals surface area contributed by atoms with Crippen molar-refractivity contribution in [2.75, 3.05) is 0 Å². The van der Waals surface area contributed by atoms with Crippen LogP contribution < -0.4 is 0 Å². The molecule has 0 amide bonds. The molecular weight excluding hydrogens is 180 g/mol. The normalized spacial score (nSPS) is 44.9. The Hall–Kier alpha value is -0.830. The van der Waals surface area contributed by atoms with Gasteiger partial charge in [-0.25, -0.2) is 0 Å². The Kier molecular flexibility index (Phi) is 2.59. The average molecular weight is 196 g/mol. The van der Waals surface area contributed by atoms with Crippen LogP contribution in [-0.2, 0) is 9.53 Å². The standard InChI is InChI=1S/C11H16O3/c1-7-10-6-8(10)2-3-9(12)4-5-11(13)14-7/h2-3,7-10,12H,4-6H2,1H3/b3-2+/t7-,8+,9+,10+/m1/s1. The van der Waals surface area contributed by atoms with Crippen molar-refractivity contribution in [3.8, 4) is 0 Å². The third-order valence-electron chi connectivity index (χ3n) is 3.04. The van der Waals surface area contributed by atoms with Crippen LogP contribution in [-0.4, -0.2) is 23.3 Å². The minimum absolute atomic E-state index is 0.0346. The lowest BCUT2D eigenvalue weighted by Gasteiger charge is -2.14. The number of aliphatic hydroxyl groups excluding tert-OH is 1. The number of ether oxygens (including phenoxy) is 1. The Morgan fingerprint density at radius 1 is 1.50 bits per heavy atom.